The third kappa shape index (κ3) is 5.78. The van der Waals surface area contributed by atoms with Crippen LogP contribution in [0.5, 0.6) is 5.88 Å². The molecule has 0 aromatic carbocycles. The highest BCUT2D eigenvalue weighted by Crippen LogP contribution is 2.28. The molecule has 3 N–H and O–H groups in total. The molecule has 0 fully saturated rings. The molecule has 0 aliphatic heterocycles. The van der Waals surface area contributed by atoms with E-state index in [-0.39, 0.29) is 5.92 Å². The Hall–Kier alpha value is -1.52. The van der Waals surface area contributed by atoms with Crippen molar-refractivity contribution in [1.29, 1.82) is 0 Å². The van der Waals surface area contributed by atoms with E-state index in [0.29, 0.717) is 29.9 Å². The van der Waals surface area contributed by atoms with Crippen LogP contribution in [0.4, 0.5) is 11.5 Å². The number of nitrogen functional groups attached to an aromatic ring is 1. The molecule has 0 spiro atoms. The van der Waals surface area contributed by atoms with Crippen molar-refractivity contribution in [3.63, 3.8) is 0 Å². The van der Waals surface area contributed by atoms with Gasteiger partial charge >= 0.3 is 0 Å². The molecule has 0 radical (unpaired) electrons. The summed E-state index contributed by atoms with van der Waals surface area (Å²) in [6.45, 7) is 12.2. The minimum atomic E-state index is 0.241. The van der Waals surface area contributed by atoms with Gasteiger partial charge in [-0.05, 0) is 18.8 Å². The van der Waals surface area contributed by atoms with E-state index in [2.05, 4.69) is 49.9 Å². The predicted octanol–water partition coefficient (Wildman–Crippen LogP) is 3.82. The minimum Gasteiger partial charge on any atom is -0.476 e. The van der Waals surface area contributed by atoms with Crippen LogP contribution in [0.15, 0.2) is 0 Å². The Morgan fingerprint density at radius 2 is 1.90 bits per heavy atom. The third-order valence-corrected chi connectivity index (χ3v) is 3.20. The number of ether oxygens (including phenoxy) is 1. The van der Waals surface area contributed by atoms with Gasteiger partial charge in [0.2, 0.25) is 5.88 Å². The second kappa shape index (κ2) is 8.70. The summed E-state index contributed by atoms with van der Waals surface area (Å²) in [5.74, 6) is 2.85. The number of rotatable bonds is 9. The van der Waals surface area contributed by atoms with E-state index in [1.54, 1.807) is 0 Å². The SMILES string of the molecule is CCCCOc1nc(C(C)C)nc(NCCC(C)C)c1N. The quantitative estimate of drug-likeness (QED) is 0.677. The zero-order valence-electron chi connectivity index (χ0n) is 14.1. The fraction of sp³-hybridized carbons (Fsp3) is 0.750. The Balaban J connectivity index is 2.88. The number of nitrogens with zero attached hydrogens (tertiary/aromatic N) is 2. The molecular weight excluding hydrogens is 264 g/mol. The van der Waals surface area contributed by atoms with E-state index < -0.39 is 0 Å². The number of nitrogens with two attached hydrogens (primary N) is 1. The fourth-order valence-corrected chi connectivity index (χ4v) is 1.76. The first kappa shape index (κ1) is 17.5. The lowest BCUT2D eigenvalue weighted by molar-refractivity contribution is 0.298. The number of anilines is 2. The van der Waals surface area contributed by atoms with Gasteiger partial charge in [-0.3, -0.25) is 0 Å². The summed E-state index contributed by atoms with van der Waals surface area (Å²) in [6, 6.07) is 0. The zero-order valence-corrected chi connectivity index (χ0v) is 14.1. The van der Waals surface area contributed by atoms with Gasteiger partial charge in [-0.25, -0.2) is 4.98 Å². The molecule has 0 aliphatic carbocycles. The first-order chi connectivity index (χ1) is 9.95. The molecule has 1 heterocycles. The van der Waals surface area contributed by atoms with Gasteiger partial charge in [0.05, 0.1) is 6.61 Å². The van der Waals surface area contributed by atoms with Crippen LogP contribution in [0.25, 0.3) is 0 Å². The average Bonchev–Trinajstić information content (AvgIpc) is 2.41. The van der Waals surface area contributed by atoms with E-state index in [0.717, 1.165) is 31.6 Å². The molecule has 0 saturated heterocycles. The van der Waals surface area contributed by atoms with Crippen molar-refractivity contribution < 1.29 is 4.74 Å². The van der Waals surface area contributed by atoms with E-state index >= 15 is 0 Å². The van der Waals surface area contributed by atoms with Gasteiger partial charge in [0.15, 0.2) is 5.82 Å². The van der Waals surface area contributed by atoms with E-state index in [1.807, 2.05) is 0 Å². The molecule has 1 aromatic rings. The van der Waals surface area contributed by atoms with Crippen molar-refractivity contribution in [2.45, 2.75) is 59.8 Å². The molecule has 5 heteroatoms. The molecule has 5 nitrogen and oxygen atoms in total. The van der Waals surface area contributed by atoms with Gasteiger partial charge in [0.1, 0.15) is 11.5 Å². The normalized spacial score (nSPS) is 11.2. The van der Waals surface area contributed by atoms with Gasteiger partial charge in [-0.15, -0.1) is 0 Å². The Morgan fingerprint density at radius 1 is 1.19 bits per heavy atom. The first-order valence-corrected chi connectivity index (χ1v) is 7.99. The predicted molar refractivity (Wildman–Crippen MR) is 88.9 cm³/mol. The Kier molecular flexibility index (Phi) is 7.26. The molecule has 120 valence electrons. The van der Waals surface area contributed by atoms with Crippen molar-refractivity contribution in [3.8, 4) is 5.88 Å². The molecule has 21 heavy (non-hydrogen) atoms. The highest BCUT2D eigenvalue weighted by atomic mass is 16.5. The maximum atomic E-state index is 6.14. The van der Waals surface area contributed by atoms with Crippen LogP contribution in [-0.4, -0.2) is 23.1 Å². The Bertz CT molecular complexity index is 433. The van der Waals surface area contributed by atoms with Crippen LogP contribution in [0.2, 0.25) is 0 Å². The number of aromatic nitrogens is 2. The van der Waals surface area contributed by atoms with Gasteiger partial charge in [-0.1, -0.05) is 41.0 Å². The second-order valence-corrected chi connectivity index (χ2v) is 6.12. The maximum absolute atomic E-state index is 6.14. The van der Waals surface area contributed by atoms with Gasteiger partial charge in [0.25, 0.3) is 0 Å². The monoisotopic (exact) mass is 294 g/mol. The topological polar surface area (TPSA) is 73.1 Å². The number of hydrogen-bond donors (Lipinski definition) is 2. The van der Waals surface area contributed by atoms with Crippen LogP contribution < -0.4 is 15.8 Å². The Morgan fingerprint density at radius 3 is 2.48 bits per heavy atom. The summed E-state index contributed by atoms with van der Waals surface area (Å²) in [5.41, 5.74) is 6.65. The lowest BCUT2D eigenvalue weighted by Gasteiger charge is -2.16. The minimum absolute atomic E-state index is 0.241. The third-order valence-electron chi connectivity index (χ3n) is 3.20. The van der Waals surface area contributed by atoms with E-state index in [1.165, 1.54) is 0 Å². The fourth-order valence-electron chi connectivity index (χ4n) is 1.76. The van der Waals surface area contributed by atoms with Crippen LogP contribution in [0.1, 0.15) is 65.6 Å². The van der Waals surface area contributed by atoms with Gasteiger partial charge in [-0.2, -0.15) is 4.98 Å². The van der Waals surface area contributed by atoms with E-state index in [4.69, 9.17) is 10.5 Å². The zero-order chi connectivity index (χ0) is 15.8. The van der Waals surface area contributed by atoms with Crippen LogP contribution in [0, 0.1) is 5.92 Å². The highest BCUT2D eigenvalue weighted by molar-refractivity contribution is 5.67. The molecule has 0 aliphatic rings. The smallest absolute Gasteiger partial charge is 0.242 e. The lowest BCUT2D eigenvalue weighted by Crippen LogP contribution is -2.13. The molecule has 1 rings (SSSR count). The molecule has 0 bridgehead atoms. The van der Waals surface area contributed by atoms with Crippen molar-refractivity contribution in [2.24, 2.45) is 5.92 Å². The summed E-state index contributed by atoms with van der Waals surface area (Å²) < 4.78 is 5.72. The Labute approximate surface area is 128 Å². The first-order valence-electron chi connectivity index (χ1n) is 7.99. The van der Waals surface area contributed by atoms with Gasteiger partial charge < -0.3 is 15.8 Å². The average molecular weight is 294 g/mol. The van der Waals surface area contributed by atoms with Crippen molar-refractivity contribution >= 4 is 11.5 Å². The van der Waals surface area contributed by atoms with Crippen LogP contribution in [-0.2, 0) is 0 Å². The molecule has 0 saturated carbocycles. The number of unbranched alkanes of at least 4 members (excludes halogenated alkanes) is 1. The summed E-state index contributed by atoms with van der Waals surface area (Å²) in [7, 11) is 0. The van der Waals surface area contributed by atoms with Crippen LogP contribution in [0.3, 0.4) is 0 Å². The van der Waals surface area contributed by atoms with Gasteiger partial charge in [0, 0.05) is 12.5 Å². The molecule has 1 aromatic heterocycles. The van der Waals surface area contributed by atoms with Crippen molar-refractivity contribution in [3.05, 3.63) is 5.82 Å². The van der Waals surface area contributed by atoms with E-state index in [9.17, 15) is 0 Å². The van der Waals surface area contributed by atoms with Crippen LogP contribution >= 0.6 is 0 Å². The highest BCUT2D eigenvalue weighted by Gasteiger charge is 2.15. The number of hydrogen-bond acceptors (Lipinski definition) is 5. The lowest BCUT2D eigenvalue weighted by atomic mass is 10.1. The largest absolute Gasteiger partial charge is 0.476 e. The second-order valence-electron chi connectivity index (χ2n) is 6.12. The summed E-state index contributed by atoms with van der Waals surface area (Å²) in [6.07, 6.45) is 3.16. The standard InChI is InChI=1S/C16H30N4O/c1-6-7-10-21-16-13(17)15(18-9-8-11(2)3)19-14(20-16)12(4)5/h11-12H,6-10,17H2,1-5H3,(H,18,19,20). The van der Waals surface area contributed by atoms with Crippen molar-refractivity contribution in [2.75, 3.05) is 24.2 Å². The molecule has 0 amide bonds. The molecule has 0 atom stereocenters. The maximum Gasteiger partial charge on any atom is 0.242 e. The summed E-state index contributed by atoms with van der Waals surface area (Å²) >= 11 is 0. The molecule has 0 unspecified atom stereocenters. The number of nitrogens with one attached hydrogen (secondary N) is 1. The summed E-state index contributed by atoms with van der Waals surface area (Å²) in [4.78, 5) is 8.98. The summed E-state index contributed by atoms with van der Waals surface area (Å²) in [5, 5.41) is 3.31. The van der Waals surface area contributed by atoms with Crippen molar-refractivity contribution in [1.82, 2.24) is 9.97 Å². The molecular formula is C16H30N4O.